The summed E-state index contributed by atoms with van der Waals surface area (Å²) in [5.74, 6) is -0.0547. The third-order valence-corrected chi connectivity index (χ3v) is 2.34. The molecule has 0 atom stereocenters. The molecule has 0 aliphatic heterocycles. The lowest BCUT2D eigenvalue weighted by Crippen LogP contribution is -2.15. The molecule has 0 N–H and O–H groups in total. The van der Waals surface area contributed by atoms with Crippen LogP contribution in [0.15, 0.2) is 0 Å². The van der Waals surface area contributed by atoms with Gasteiger partial charge in [0.05, 0.1) is 19.0 Å². The number of hydrogen-bond donors (Lipinski definition) is 0. The van der Waals surface area contributed by atoms with E-state index in [2.05, 4.69) is 4.18 Å². The van der Waals surface area contributed by atoms with Crippen LogP contribution in [0.25, 0.3) is 0 Å². The van der Waals surface area contributed by atoms with Gasteiger partial charge in [0.1, 0.15) is 0 Å². The highest BCUT2D eigenvalue weighted by atomic mass is 32.2. The Labute approximate surface area is 74.0 Å². The fourth-order valence-corrected chi connectivity index (χ4v) is 1.43. The summed E-state index contributed by atoms with van der Waals surface area (Å²) in [5.41, 5.74) is 0. The van der Waals surface area contributed by atoms with E-state index in [1.165, 1.54) is 0 Å². The molecule has 0 bridgehead atoms. The van der Waals surface area contributed by atoms with E-state index < -0.39 is 10.1 Å². The zero-order valence-electron chi connectivity index (χ0n) is 7.58. The van der Waals surface area contributed by atoms with Gasteiger partial charge in [-0.15, -0.1) is 0 Å². The maximum absolute atomic E-state index is 11.0. The summed E-state index contributed by atoms with van der Waals surface area (Å²) in [4.78, 5) is 0. The van der Waals surface area contributed by atoms with Crippen LogP contribution in [0.1, 0.15) is 20.3 Å². The van der Waals surface area contributed by atoms with Gasteiger partial charge in [-0.3, -0.25) is 4.18 Å². The molecule has 0 rings (SSSR count). The SMILES string of the molecule is CCCOS(=O)(=O)CCOCC. The average molecular weight is 196 g/mol. The van der Waals surface area contributed by atoms with Crippen LogP contribution in [0.5, 0.6) is 0 Å². The molecule has 0 saturated heterocycles. The zero-order valence-corrected chi connectivity index (χ0v) is 8.39. The zero-order chi connectivity index (χ0) is 9.45. The minimum Gasteiger partial charge on any atom is -0.381 e. The van der Waals surface area contributed by atoms with E-state index in [1.54, 1.807) is 0 Å². The summed E-state index contributed by atoms with van der Waals surface area (Å²) in [6.45, 7) is 4.68. The second kappa shape index (κ2) is 6.39. The van der Waals surface area contributed by atoms with Gasteiger partial charge < -0.3 is 4.74 Å². The lowest BCUT2D eigenvalue weighted by atomic mass is 10.5. The van der Waals surface area contributed by atoms with Crippen molar-refractivity contribution in [1.29, 1.82) is 0 Å². The highest BCUT2D eigenvalue weighted by molar-refractivity contribution is 7.86. The third-order valence-electron chi connectivity index (χ3n) is 1.15. The average Bonchev–Trinajstić information content (AvgIpc) is 2.01. The van der Waals surface area contributed by atoms with Crippen LogP contribution in [-0.4, -0.2) is 34.0 Å². The lowest BCUT2D eigenvalue weighted by Gasteiger charge is -2.03. The van der Waals surface area contributed by atoms with E-state index in [0.29, 0.717) is 13.0 Å². The predicted octanol–water partition coefficient (Wildman–Crippen LogP) is 0.779. The topological polar surface area (TPSA) is 52.6 Å². The second-order valence-electron chi connectivity index (χ2n) is 2.28. The van der Waals surface area contributed by atoms with Crippen molar-refractivity contribution < 1.29 is 17.3 Å². The molecule has 0 aliphatic carbocycles. The van der Waals surface area contributed by atoms with E-state index >= 15 is 0 Å². The maximum atomic E-state index is 11.0. The van der Waals surface area contributed by atoms with Gasteiger partial charge in [-0.1, -0.05) is 6.92 Å². The Bertz CT molecular complexity index is 186. The third kappa shape index (κ3) is 6.57. The Morgan fingerprint density at radius 2 is 1.83 bits per heavy atom. The molecule has 0 radical (unpaired) electrons. The van der Waals surface area contributed by atoms with Crippen molar-refractivity contribution in [1.82, 2.24) is 0 Å². The molecule has 0 aromatic rings. The summed E-state index contributed by atoms with van der Waals surface area (Å²) >= 11 is 0. The van der Waals surface area contributed by atoms with Crippen LogP contribution in [0.3, 0.4) is 0 Å². The first-order valence-electron chi connectivity index (χ1n) is 4.07. The van der Waals surface area contributed by atoms with E-state index in [0.717, 1.165) is 0 Å². The largest absolute Gasteiger partial charge is 0.381 e. The standard InChI is InChI=1S/C7H16O4S/c1-3-5-11-12(8,9)7-6-10-4-2/h3-7H2,1-2H3. The van der Waals surface area contributed by atoms with Crippen LogP contribution in [0.2, 0.25) is 0 Å². The van der Waals surface area contributed by atoms with Gasteiger partial charge >= 0.3 is 0 Å². The predicted molar refractivity (Wildman–Crippen MR) is 46.5 cm³/mol. The van der Waals surface area contributed by atoms with Gasteiger partial charge in [0, 0.05) is 6.61 Å². The molecular formula is C7H16O4S. The van der Waals surface area contributed by atoms with Crippen LogP contribution < -0.4 is 0 Å². The molecule has 74 valence electrons. The quantitative estimate of drug-likeness (QED) is 0.446. The van der Waals surface area contributed by atoms with Crippen molar-refractivity contribution in [3.63, 3.8) is 0 Å². The second-order valence-corrected chi connectivity index (χ2v) is 4.04. The Kier molecular flexibility index (Phi) is 6.32. The molecule has 0 aliphatic rings. The van der Waals surface area contributed by atoms with Gasteiger partial charge in [-0.25, -0.2) is 0 Å². The molecule has 4 nitrogen and oxygen atoms in total. The van der Waals surface area contributed by atoms with E-state index in [4.69, 9.17) is 4.74 Å². The molecule has 0 unspecified atom stereocenters. The summed E-state index contributed by atoms with van der Waals surface area (Å²) in [6.07, 6.45) is 0.702. The first kappa shape index (κ1) is 11.9. The molecule has 5 heteroatoms. The Balaban J connectivity index is 3.58. The molecular weight excluding hydrogens is 180 g/mol. The highest BCUT2D eigenvalue weighted by Gasteiger charge is 2.09. The fourth-order valence-electron chi connectivity index (χ4n) is 0.575. The minimum absolute atomic E-state index is 0.0547. The van der Waals surface area contributed by atoms with Crippen molar-refractivity contribution in [3.05, 3.63) is 0 Å². The van der Waals surface area contributed by atoms with Crippen molar-refractivity contribution in [2.75, 3.05) is 25.6 Å². The molecule has 12 heavy (non-hydrogen) atoms. The van der Waals surface area contributed by atoms with Crippen molar-refractivity contribution in [3.8, 4) is 0 Å². The normalized spacial score (nSPS) is 11.8. The van der Waals surface area contributed by atoms with Crippen LogP contribution >= 0.6 is 0 Å². The summed E-state index contributed by atoms with van der Waals surface area (Å²) in [6, 6.07) is 0. The first-order chi connectivity index (χ1) is 5.62. The van der Waals surface area contributed by atoms with Crippen LogP contribution in [0.4, 0.5) is 0 Å². The Hall–Kier alpha value is -0.130. The van der Waals surface area contributed by atoms with Crippen LogP contribution in [-0.2, 0) is 19.0 Å². The number of hydrogen-bond acceptors (Lipinski definition) is 4. The smallest absolute Gasteiger partial charge is 0.269 e. The molecule has 0 spiro atoms. The van der Waals surface area contributed by atoms with Gasteiger partial charge in [-0.05, 0) is 13.3 Å². The Morgan fingerprint density at radius 3 is 2.33 bits per heavy atom. The summed E-state index contributed by atoms with van der Waals surface area (Å²) in [5, 5.41) is 0. The molecule has 0 amide bonds. The Morgan fingerprint density at radius 1 is 1.17 bits per heavy atom. The number of ether oxygens (including phenoxy) is 1. The van der Waals surface area contributed by atoms with Crippen molar-refractivity contribution in [2.45, 2.75) is 20.3 Å². The van der Waals surface area contributed by atoms with Crippen LogP contribution in [0, 0.1) is 0 Å². The highest BCUT2D eigenvalue weighted by Crippen LogP contribution is 1.94. The van der Waals surface area contributed by atoms with E-state index in [1.807, 2.05) is 13.8 Å². The van der Waals surface area contributed by atoms with Gasteiger partial charge in [0.15, 0.2) is 0 Å². The first-order valence-corrected chi connectivity index (χ1v) is 5.65. The molecule has 0 fully saturated rings. The summed E-state index contributed by atoms with van der Waals surface area (Å²) in [7, 11) is -3.34. The lowest BCUT2D eigenvalue weighted by molar-refractivity contribution is 0.161. The molecule has 0 aromatic carbocycles. The van der Waals surface area contributed by atoms with Gasteiger partial charge in [0.2, 0.25) is 0 Å². The van der Waals surface area contributed by atoms with Gasteiger partial charge in [0.25, 0.3) is 10.1 Å². The molecule has 0 aromatic heterocycles. The van der Waals surface area contributed by atoms with Crippen molar-refractivity contribution in [2.24, 2.45) is 0 Å². The minimum atomic E-state index is -3.34. The van der Waals surface area contributed by atoms with Crippen molar-refractivity contribution >= 4 is 10.1 Å². The summed E-state index contributed by atoms with van der Waals surface area (Å²) < 4.78 is 31.4. The molecule has 0 heterocycles. The molecule has 0 saturated carbocycles. The maximum Gasteiger partial charge on any atom is 0.269 e. The van der Waals surface area contributed by atoms with E-state index in [9.17, 15) is 8.42 Å². The fraction of sp³-hybridized carbons (Fsp3) is 1.00. The number of rotatable bonds is 7. The van der Waals surface area contributed by atoms with E-state index in [-0.39, 0.29) is 19.0 Å². The monoisotopic (exact) mass is 196 g/mol. The van der Waals surface area contributed by atoms with Gasteiger partial charge in [-0.2, -0.15) is 8.42 Å².